The maximum absolute atomic E-state index is 13.8. The second kappa shape index (κ2) is 8.89. The van der Waals surface area contributed by atoms with E-state index in [2.05, 4.69) is 5.92 Å². The maximum atomic E-state index is 13.8. The summed E-state index contributed by atoms with van der Waals surface area (Å²) in [7, 11) is 0. The molecule has 4 rings (SSSR count). The van der Waals surface area contributed by atoms with Crippen LogP contribution in [0, 0.1) is 36.0 Å². The summed E-state index contributed by atoms with van der Waals surface area (Å²) in [5.41, 5.74) is 2.52. The number of phenols is 1. The van der Waals surface area contributed by atoms with E-state index in [9.17, 15) is 39.3 Å². The number of carbonyl (C=O) groups excluding carboxylic acids is 5. The molecule has 3 aliphatic rings. The molecule has 7 atom stereocenters. The van der Waals surface area contributed by atoms with Crippen molar-refractivity contribution in [2.45, 2.75) is 69.5 Å². The van der Waals surface area contributed by atoms with E-state index >= 15 is 0 Å². The first-order valence-electron chi connectivity index (χ1n) is 12.4. The van der Waals surface area contributed by atoms with Crippen LogP contribution in [-0.2, 0) is 24.6 Å². The van der Waals surface area contributed by atoms with Gasteiger partial charge in [-0.1, -0.05) is 32.9 Å². The number of terminal acetylenes is 1. The van der Waals surface area contributed by atoms with Crippen molar-refractivity contribution in [3.63, 3.8) is 0 Å². The van der Waals surface area contributed by atoms with Crippen molar-refractivity contribution in [1.82, 2.24) is 0 Å². The zero-order valence-corrected chi connectivity index (χ0v) is 21.0. The second-order valence-electron chi connectivity index (χ2n) is 11.2. The molecule has 0 aromatic heterocycles. The largest absolute Gasteiger partial charge is 0.507 e. The molecule has 0 spiro atoms. The van der Waals surface area contributed by atoms with Crippen LogP contribution in [-0.4, -0.2) is 56.1 Å². The van der Waals surface area contributed by atoms with Gasteiger partial charge in [-0.25, -0.2) is 0 Å². The van der Waals surface area contributed by atoms with Gasteiger partial charge < -0.3 is 21.1 Å². The van der Waals surface area contributed by atoms with Gasteiger partial charge in [-0.2, -0.15) is 0 Å². The SMILES string of the molecule is C#CCCCC(C)(C)c1ccc2c(c1O)C(=O)C1C(=O)[C@]3(O)C(=O)C(C(N)=O)C(=O)C[C@@H]3[C@@H](O)[C@@H]1[C@H]2C. The highest BCUT2D eigenvalue weighted by atomic mass is 16.3. The maximum Gasteiger partial charge on any atom is 0.235 e. The van der Waals surface area contributed by atoms with Gasteiger partial charge in [0.05, 0.1) is 17.6 Å². The number of unbranched alkanes of at least 4 members (excludes halogenated alkanes) is 1. The van der Waals surface area contributed by atoms with Crippen LogP contribution in [0.3, 0.4) is 0 Å². The molecule has 1 aromatic rings. The predicted octanol–water partition coefficient (Wildman–Crippen LogP) is 0.940. The Morgan fingerprint density at radius 2 is 1.86 bits per heavy atom. The van der Waals surface area contributed by atoms with E-state index in [1.54, 1.807) is 19.1 Å². The van der Waals surface area contributed by atoms with Gasteiger partial charge in [0.2, 0.25) is 5.91 Å². The Morgan fingerprint density at radius 3 is 2.46 bits per heavy atom. The number of carbonyl (C=O) groups is 5. The lowest BCUT2D eigenvalue weighted by Crippen LogP contribution is -2.72. The summed E-state index contributed by atoms with van der Waals surface area (Å²) in [6.07, 6.45) is 5.01. The quantitative estimate of drug-likeness (QED) is 0.258. The number of nitrogens with two attached hydrogens (primary N) is 1. The van der Waals surface area contributed by atoms with Gasteiger partial charge in [-0.15, -0.1) is 12.3 Å². The van der Waals surface area contributed by atoms with Gasteiger partial charge in [0.25, 0.3) is 0 Å². The van der Waals surface area contributed by atoms with E-state index < -0.39 is 82.2 Å². The number of aliphatic hydroxyl groups excluding tert-OH is 1. The number of fused-ring (bicyclic) bond motifs is 3. The van der Waals surface area contributed by atoms with Crippen LogP contribution in [0.5, 0.6) is 5.75 Å². The third-order valence-corrected chi connectivity index (χ3v) is 8.71. The Hall–Kier alpha value is -3.35. The molecule has 2 saturated carbocycles. The second-order valence-corrected chi connectivity index (χ2v) is 11.2. The van der Waals surface area contributed by atoms with Gasteiger partial charge in [-0.05, 0) is 29.7 Å². The highest BCUT2D eigenvalue weighted by molar-refractivity contribution is 6.31. The zero-order valence-electron chi connectivity index (χ0n) is 21.0. The molecule has 37 heavy (non-hydrogen) atoms. The lowest BCUT2D eigenvalue weighted by molar-refractivity contribution is -0.189. The first-order valence-corrected chi connectivity index (χ1v) is 12.4. The van der Waals surface area contributed by atoms with Gasteiger partial charge in [0.1, 0.15) is 5.75 Å². The van der Waals surface area contributed by atoms with Crippen molar-refractivity contribution >= 4 is 29.0 Å². The molecule has 0 bridgehead atoms. The number of benzene rings is 1. The lowest BCUT2D eigenvalue weighted by Gasteiger charge is -2.53. The number of amides is 1. The van der Waals surface area contributed by atoms with Gasteiger partial charge in [-0.3, -0.25) is 24.0 Å². The highest BCUT2D eigenvalue weighted by Crippen LogP contribution is 2.54. The molecule has 1 amide bonds. The zero-order chi connectivity index (χ0) is 27.6. The first-order chi connectivity index (χ1) is 17.2. The van der Waals surface area contributed by atoms with E-state index in [0.29, 0.717) is 30.4 Å². The molecule has 9 nitrogen and oxygen atoms in total. The molecular formula is C28H31NO8. The molecule has 0 saturated heterocycles. The van der Waals surface area contributed by atoms with Crippen molar-refractivity contribution < 1.29 is 39.3 Å². The Morgan fingerprint density at radius 1 is 1.22 bits per heavy atom. The summed E-state index contributed by atoms with van der Waals surface area (Å²) in [6.45, 7) is 5.48. The number of aliphatic hydroxyl groups is 2. The van der Waals surface area contributed by atoms with E-state index in [0.717, 1.165) is 0 Å². The average Bonchev–Trinajstić information content (AvgIpc) is 2.81. The van der Waals surface area contributed by atoms with Crippen molar-refractivity contribution in [3.8, 4) is 18.1 Å². The molecule has 0 aliphatic heterocycles. The fourth-order valence-electron chi connectivity index (χ4n) is 6.67. The number of ketones is 4. The number of hydrogen-bond acceptors (Lipinski definition) is 8. The molecule has 3 aliphatic carbocycles. The van der Waals surface area contributed by atoms with Gasteiger partial charge in [0.15, 0.2) is 34.7 Å². The minimum absolute atomic E-state index is 0.0929. The van der Waals surface area contributed by atoms with Crippen LogP contribution in [0.15, 0.2) is 12.1 Å². The molecule has 5 N–H and O–H groups in total. The van der Waals surface area contributed by atoms with E-state index in [1.807, 2.05) is 13.8 Å². The summed E-state index contributed by atoms with van der Waals surface area (Å²) >= 11 is 0. The third-order valence-electron chi connectivity index (χ3n) is 8.71. The topological polar surface area (TPSA) is 172 Å². The van der Waals surface area contributed by atoms with Crippen molar-refractivity contribution in [2.24, 2.45) is 29.4 Å². The monoisotopic (exact) mass is 509 g/mol. The van der Waals surface area contributed by atoms with Crippen molar-refractivity contribution in [1.29, 1.82) is 0 Å². The highest BCUT2D eigenvalue weighted by Gasteiger charge is 2.69. The number of primary amides is 1. The molecule has 1 aromatic carbocycles. The van der Waals surface area contributed by atoms with Crippen LogP contribution in [0.4, 0.5) is 0 Å². The molecular weight excluding hydrogens is 478 g/mol. The molecule has 2 unspecified atom stereocenters. The van der Waals surface area contributed by atoms with Crippen LogP contribution in [0.1, 0.15) is 73.9 Å². The van der Waals surface area contributed by atoms with Crippen LogP contribution in [0.2, 0.25) is 0 Å². The fraction of sp³-hybridized carbons (Fsp3) is 0.536. The standard InChI is InChI=1S/C28H31NO8/c1-5-6-7-10-27(3,4)14-9-8-13-12(2)17-20(23(33)18(13)21(14)31)25(35)28(37)15(22(17)32)11-16(30)19(24(28)34)26(29)36/h1,8-9,12,15,17,19-20,22,31-32,37H,6-7,10-11H2,2-4H3,(H2,29,36)/t12-,15+,17+,19?,20?,22+,28+/m0/s1. The minimum Gasteiger partial charge on any atom is -0.507 e. The van der Waals surface area contributed by atoms with Crippen molar-refractivity contribution in [3.05, 3.63) is 28.8 Å². The minimum atomic E-state index is -2.93. The lowest BCUT2D eigenvalue weighted by atomic mass is 9.50. The Bertz CT molecular complexity index is 1270. The summed E-state index contributed by atoms with van der Waals surface area (Å²) in [5.74, 6) is -10.2. The normalized spacial score (nSPS) is 33.3. The number of Topliss-reactive ketones (excluding diaryl/α,β-unsaturated/α-hetero) is 4. The molecule has 2 fully saturated rings. The van der Waals surface area contributed by atoms with Crippen LogP contribution >= 0.6 is 0 Å². The summed E-state index contributed by atoms with van der Waals surface area (Å²) < 4.78 is 0. The van der Waals surface area contributed by atoms with Crippen LogP contribution in [0.25, 0.3) is 0 Å². The van der Waals surface area contributed by atoms with Gasteiger partial charge in [0, 0.05) is 30.2 Å². The predicted molar refractivity (Wildman–Crippen MR) is 130 cm³/mol. The van der Waals surface area contributed by atoms with Crippen LogP contribution < -0.4 is 5.73 Å². The number of aromatic hydroxyl groups is 1. The smallest absolute Gasteiger partial charge is 0.235 e. The van der Waals surface area contributed by atoms with E-state index in [4.69, 9.17) is 12.2 Å². The summed E-state index contributed by atoms with van der Waals surface area (Å²) in [4.78, 5) is 64.9. The first kappa shape index (κ1) is 26.7. The Kier molecular flexibility index (Phi) is 6.42. The van der Waals surface area contributed by atoms with Crippen molar-refractivity contribution in [2.75, 3.05) is 0 Å². The van der Waals surface area contributed by atoms with E-state index in [-0.39, 0.29) is 11.3 Å². The summed E-state index contributed by atoms with van der Waals surface area (Å²) in [5, 5.41) is 33.9. The van der Waals surface area contributed by atoms with E-state index in [1.165, 1.54) is 0 Å². The number of phenolic OH excluding ortho intramolecular Hbond substituents is 1. The third kappa shape index (κ3) is 3.65. The molecule has 9 heteroatoms. The Balaban J connectivity index is 1.83. The molecule has 196 valence electrons. The Labute approximate surface area is 214 Å². The summed E-state index contributed by atoms with van der Waals surface area (Å²) in [6, 6.07) is 3.40. The fourth-order valence-corrected chi connectivity index (χ4v) is 6.67. The molecule has 0 heterocycles. The average molecular weight is 510 g/mol. The number of hydrogen-bond donors (Lipinski definition) is 4. The molecule has 0 radical (unpaired) electrons. The number of rotatable bonds is 5. The van der Waals surface area contributed by atoms with Gasteiger partial charge >= 0.3 is 0 Å².